The van der Waals surface area contributed by atoms with Crippen LogP contribution in [0.5, 0.6) is 0 Å². The number of amides is 1. The zero-order chi connectivity index (χ0) is 20.6. The summed E-state index contributed by atoms with van der Waals surface area (Å²) in [5, 5.41) is 0. The monoisotopic (exact) mass is 426 g/mol. The van der Waals surface area contributed by atoms with Crippen LogP contribution in [0.25, 0.3) is 0 Å². The Labute approximate surface area is 171 Å². The van der Waals surface area contributed by atoms with Crippen molar-refractivity contribution in [3.63, 3.8) is 0 Å². The highest BCUT2D eigenvalue weighted by Crippen LogP contribution is 2.37. The summed E-state index contributed by atoms with van der Waals surface area (Å²) in [6.07, 6.45) is 7.92. The second-order valence-electron chi connectivity index (χ2n) is 8.54. The molecular weight excluding hydrogens is 398 g/mol. The number of piperidine rings is 2. The Morgan fingerprint density at radius 1 is 0.897 bits per heavy atom. The maximum atomic E-state index is 13.5. The normalized spacial score (nSPS) is 26.9. The number of benzene rings is 1. The number of rotatable bonds is 3. The van der Waals surface area contributed by atoms with E-state index in [4.69, 9.17) is 0 Å². The van der Waals surface area contributed by atoms with Crippen molar-refractivity contribution in [3.05, 3.63) is 29.8 Å². The molecule has 3 fully saturated rings. The average molecular weight is 427 g/mol. The third-order valence-corrected chi connectivity index (χ3v) is 8.75. The van der Waals surface area contributed by atoms with Crippen LogP contribution in [0.1, 0.15) is 51.4 Å². The lowest BCUT2D eigenvalue weighted by atomic mass is 9.77. The van der Waals surface area contributed by atoms with E-state index in [0.717, 1.165) is 37.6 Å². The first-order valence-corrected chi connectivity index (χ1v) is 12.1. The number of carbonyl (C=O) groups excluding carboxylic acids is 1. The molecule has 0 aromatic heterocycles. The molecule has 2 unspecified atom stereocenters. The van der Waals surface area contributed by atoms with Gasteiger partial charge in [0.2, 0.25) is 15.9 Å². The summed E-state index contributed by atoms with van der Waals surface area (Å²) in [5.74, 6) is -1.62. The second kappa shape index (κ2) is 8.30. The van der Waals surface area contributed by atoms with E-state index in [1.807, 2.05) is 0 Å². The molecule has 1 saturated carbocycles. The molecule has 1 aromatic rings. The van der Waals surface area contributed by atoms with E-state index in [2.05, 4.69) is 4.90 Å². The van der Waals surface area contributed by atoms with Crippen molar-refractivity contribution in [2.45, 2.75) is 62.3 Å². The van der Waals surface area contributed by atoms with E-state index >= 15 is 0 Å². The van der Waals surface area contributed by atoms with Gasteiger partial charge in [0.1, 0.15) is 0 Å². The number of sulfonamides is 1. The molecule has 4 rings (SSSR count). The lowest BCUT2D eigenvalue weighted by molar-refractivity contribution is -0.143. The van der Waals surface area contributed by atoms with Crippen molar-refractivity contribution in [3.8, 4) is 0 Å². The fraction of sp³-hybridized carbons (Fsp3) is 0.667. The number of nitrogens with zero attached hydrogens (tertiary/aromatic N) is 2. The Bertz CT molecular complexity index is 867. The summed E-state index contributed by atoms with van der Waals surface area (Å²) in [5.41, 5.74) is 0. The molecule has 5 nitrogen and oxygen atoms in total. The highest BCUT2D eigenvalue weighted by molar-refractivity contribution is 7.89. The number of halogens is 2. The third-order valence-electron chi connectivity index (χ3n) is 6.86. The Hall–Kier alpha value is -1.54. The molecule has 1 aromatic carbocycles. The molecule has 0 N–H and O–H groups in total. The van der Waals surface area contributed by atoms with E-state index in [1.54, 1.807) is 0 Å². The fourth-order valence-corrected chi connectivity index (χ4v) is 6.74. The van der Waals surface area contributed by atoms with Crippen molar-refractivity contribution in [2.75, 3.05) is 19.6 Å². The predicted molar refractivity (Wildman–Crippen MR) is 105 cm³/mol. The molecule has 160 valence electrons. The number of hydrogen-bond donors (Lipinski definition) is 0. The largest absolute Gasteiger partial charge is 0.339 e. The van der Waals surface area contributed by atoms with Crippen molar-refractivity contribution >= 4 is 15.9 Å². The maximum absolute atomic E-state index is 13.5. The van der Waals surface area contributed by atoms with Crippen molar-refractivity contribution in [1.29, 1.82) is 0 Å². The molecule has 1 amide bonds. The molecule has 2 saturated heterocycles. The number of hydrogen-bond acceptors (Lipinski definition) is 3. The molecule has 2 heterocycles. The van der Waals surface area contributed by atoms with Crippen molar-refractivity contribution in [2.24, 2.45) is 11.8 Å². The Morgan fingerprint density at radius 3 is 2.31 bits per heavy atom. The van der Waals surface area contributed by atoms with Crippen LogP contribution in [0.2, 0.25) is 0 Å². The van der Waals surface area contributed by atoms with E-state index in [0.29, 0.717) is 24.8 Å². The van der Waals surface area contributed by atoms with Gasteiger partial charge in [0.15, 0.2) is 11.6 Å². The highest BCUT2D eigenvalue weighted by Gasteiger charge is 2.40. The third kappa shape index (κ3) is 4.06. The summed E-state index contributed by atoms with van der Waals surface area (Å²) in [4.78, 5) is 15.0. The number of fused-ring (bicyclic) bond motifs is 1. The Kier molecular flexibility index (Phi) is 5.93. The van der Waals surface area contributed by atoms with Gasteiger partial charge in [-0.1, -0.05) is 12.8 Å². The second-order valence-corrected chi connectivity index (χ2v) is 10.5. The van der Waals surface area contributed by atoms with Crippen molar-refractivity contribution < 1.29 is 22.0 Å². The molecule has 0 spiro atoms. The predicted octanol–water partition coefficient (Wildman–Crippen LogP) is 3.55. The SMILES string of the molecule is O=C(C1CCN(S(=O)(=O)c2ccc(F)c(F)c2)CC1)N1CCCC2CCCCC21. The zero-order valence-electron chi connectivity index (χ0n) is 16.5. The van der Waals surface area contributed by atoms with Gasteiger partial charge in [0, 0.05) is 31.6 Å². The maximum Gasteiger partial charge on any atom is 0.243 e. The summed E-state index contributed by atoms with van der Waals surface area (Å²) in [7, 11) is -3.89. The van der Waals surface area contributed by atoms with Crippen LogP contribution in [0.4, 0.5) is 8.78 Å². The molecule has 1 aliphatic carbocycles. The highest BCUT2D eigenvalue weighted by atomic mass is 32.2. The molecule has 2 aliphatic heterocycles. The first-order chi connectivity index (χ1) is 13.9. The van der Waals surface area contributed by atoms with Gasteiger partial charge in [-0.15, -0.1) is 0 Å². The zero-order valence-corrected chi connectivity index (χ0v) is 17.3. The van der Waals surface area contributed by atoms with E-state index in [9.17, 15) is 22.0 Å². The molecule has 29 heavy (non-hydrogen) atoms. The minimum absolute atomic E-state index is 0.160. The van der Waals surface area contributed by atoms with Crippen LogP contribution in [0.15, 0.2) is 23.1 Å². The number of likely N-dealkylation sites (tertiary alicyclic amines) is 1. The van der Waals surface area contributed by atoms with Crippen molar-refractivity contribution in [1.82, 2.24) is 9.21 Å². The van der Waals surface area contributed by atoms with Gasteiger partial charge < -0.3 is 4.90 Å². The minimum Gasteiger partial charge on any atom is -0.339 e. The van der Waals surface area contributed by atoms with E-state index < -0.39 is 21.7 Å². The van der Waals surface area contributed by atoms with Crippen LogP contribution in [-0.4, -0.2) is 49.2 Å². The van der Waals surface area contributed by atoms with Gasteiger partial charge in [-0.3, -0.25) is 4.79 Å². The molecule has 8 heteroatoms. The van der Waals surface area contributed by atoms with Crippen LogP contribution in [-0.2, 0) is 14.8 Å². The molecular formula is C21H28F2N2O3S. The summed E-state index contributed by atoms with van der Waals surface area (Å²) >= 11 is 0. The lowest BCUT2D eigenvalue weighted by Gasteiger charge is -2.46. The van der Waals surface area contributed by atoms with Gasteiger partial charge in [-0.2, -0.15) is 4.31 Å². The fourth-order valence-electron chi connectivity index (χ4n) is 5.26. The quantitative estimate of drug-likeness (QED) is 0.743. The van der Waals surface area contributed by atoms with E-state index in [1.165, 1.54) is 30.0 Å². The van der Waals surface area contributed by atoms with Crippen LogP contribution < -0.4 is 0 Å². The topological polar surface area (TPSA) is 57.7 Å². The first kappa shape index (κ1) is 20.7. The molecule has 2 atom stereocenters. The van der Waals surface area contributed by atoms with E-state index in [-0.39, 0.29) is 29.8 Å². The summed E-state index contributed by atoms with van der Waals surface area (Å²) < 4.78 is 53.4. The van der Waals surface area contributed by atoms with Crippen LogP contribution >= 0.6 is 0 Å². The van der Waals surface area contributed by atoms with Gasteiger partial charge in [0.05, 0.1) is 4.90 Å². The van der Waals surface area contributed by atoms with Crippen LogP contribution in [0.3, 0.4) is 0 Å². The minimum atomic E-state index is -3.89. The smallest absolute Gasteiger partial charge is 0.243 e. The lowest BCUT2D eigenvalue weighted by Crippen LogP contribution is -2.53. The molecule has 0 radical (unpaired) electrons. The Morgan fingerprint density at radius 2 is 1.59 bits per heavy atom. The Balaban J connectivity index is 1.41. The average Bonchev–Trinajstić information content (AvgIpc) is 2.74. The summed E-state index contributed by atoms with van der Waals surface area (Å²) in [6, 6.07) is 2.99. The van der Waals surface area contributed by atoms with Crippen LogP contribution in [0, 0.1) is 23.5 Å². The van der Waals surface area contributed by atoms with Gasteiger partial charge in [-0.05, 0) is 62.6 Å². The van der Waals surface area contributed by atoms with Gasteiger partial charge in [-0.25, -0.2) is 17.2 Å². The standard InChI is InChI=1S/C21H28F2N2O3S/c22-18-8-7-17(14-19(18)23)29(27,28)24-12-9-16(10-13-24)21(26)25-11-3-5-15-4-1-2-6-20(15)25/h7-8,14-16,20H,1-6,9-13H2. The van der Waals surface area contributed by atoms with Gasteiger partial charge >= 0.3 is 0 Å². The van der Waals surface area contributed by atoms with Gasteiger partial charge in [0.25, 0.3) is 0 Å². The summed E-state index contributed by atoms with van der Waals surface area (Å²) in [6.45, 7) is 1.26. The first-order valence-electron chi connectivity index (χ1n) is 10.6. The number of carbonyl (C=O) groups is 1. The molecule has 0 bridgehead atoms. The molecule has 3 aliphatic rings.